The molecule has 2 unspecified atom stereocenters. The van der Waals surface area contributed by atoms with Crippen molar-refractivity contribution in [2.24, 2.45) is 5.92 Å². The molecule has 4 nitrogen and oxygen atoms in total. The lowest BCUT2D eigenvalue weighted by atomic mass is 9.79. The second-order valence-corrected chi connectivity index (χ2v) is 3.92. The highest BCUT2D eigenvalue weighted by Gasteiger charge is 2.41. The van der Waals surface area contributed by atoms with Gasteiger partial charge in [-0.05, 0) is 26.2 Å². The predicted octanol–water partition coefficient (Wildman–Crippen LogP) is 1.02. The van der Waals surface area contributed by atoms with Gasteiger partial charge in [-0.25, -0.2) is 4.79 Å². The minimum absolute atomic E-state index is 0.0175. The van der Waals surface area contributed by atoms with Gasteiger partial charge in [0.2, 0.25) is 6.41 Å². The Kier molecular flexibility index (Phi) is 3.88. The first-order chi connectivity index (χ1) is 7.15. The molecule has 15 heavy (non-hydrogen) atoms. The van der Waals surface area contributed by atoms with Crippen LogP contribution in [-0.2, 0) is 14.3 Å². The number of rotatable bonds is 4. The molecule has 0 aromatic heterocycles. The smallest absolute Gasteiger partial charge is 0.331 e. The Morgan fingerprint density at radius 1 is 1.67 bits per heavy atom. The molecule has 1 aliphatic rings. The fraction of sp³-hybridized carbons (Fsp3) is 0.636. The lowest BCUT2D eigenvalue weighted by molar-refractivity contribution is -0.151. The molecule has 0 radical (unpaired) electrons. The van der Waals surface area contributed by atoms with Crippen LogP contribution in [0.1, 0.15) is 26.2 Å². The number of ether oxygens (including phenoxy) is 1. The summed E-state index contributed by atoms with van der Waals surface area (Å²) in [6.07, 6.45) is 7.55. The number of carbonyl (C=O) groups excluding carboxylic acids is 2. The van der Waals surface area contributed by atoms with Crippen molar-refractivity contribution in [3.8, 4) is 0 Å². The van der Waals surface area contributed by atoms with Gasteiger partial charge in [-0.15, -0.1) is 0 Å². The fourth-order valence-electron chi connectivity index (χ4n) is 1.95. The molecule has 0 spiro atoms. The van der Waals surface area contributed by atoms with Gasteiger partial charge in [0.25, 0.3) is 0 Å². The maximum Gasteiger partial charge on any atom is 0.331 e. The maximum atomic E-state index is 11.6. The van der Waals surface area contributed by atoms with E-state index in [0.29, 0.717) is 6.41 Å². The molecule has 0 aromatic carbocycles. The summed E-state index contributed by atoms with van der Waals surface area (Å²) in [5.74, 6) is -0.380. The largest absolute Gasteiger partial charge is 0.467 e. The summed E-state index contributed by atoms with van der Waals surface area (Å²) in [6.45, 7) is 1.70. The van der Waals surface area contributed by atoms with Gasteiger partial charge in [-0.2, -0.15) is 0 Å². The molecule has 84 valence electrons. The van der Waals surface area contributed by atoms with Crippen LogP contribution in [0.15, 0.2) is 12.2 Å². The van der Waals surface area contributed by atoms with E-state index >= 15 is 0 Å². The summed E-state index contributed by atoms with van der Waals surface area (Å²) in [7, 11) is 1.33. The van der Waals surface area contributed by atoms with Crippen molar-refractivity contribution in [1.29, 1.82) is 0 Å². The van der Waals surface area contributed by atoms with E-state index in [1.54, 1.807) is 6.92 Å². The van der Waals surface area contributed by atoms with E-state index in [1.165, 1.54) is 7.11 Å². The van der Waals surface area contributed by atoms with Crippen LogP contribution in [0.4, 0.5) is 0 Å². The molecule has 1 aliphatic carbocycles. The minimum atomic E-state index is -0.937. The zero-order valence-corrected chi connectivity index (χ0v) is 9.16. The second kappa shape index (κ2) is 4.96. The average molecular weight is 211 g/mol. The number of methoxy groups -OCH3 is 1. The van der Waals surface area contributed by atoms with E-state index in [1.807, 2.05) is 12.2 Å². The highest BCUT2D eigenvalue weighted by atomic mass is 16.5. The van der Waals surface area contributed by atoms with E-state index in [4.69, 9.17) is 4.74 Å². The number of hydrogen-bond donors (Lipinski definition) is 1. The standard InChI is InChI=1S/C11H17NO3/c1-11(12-8-13,10(14)15-2)9-6-4-3-5-7-9/h4,6,8-9H,3,5,7H2,1-2H3,(H,12,13). The lowest BCUT2D eigenvalue weighted by Gasteiger charge is -2.34. The third-order valence-electron chi connectivity index (χ3n) is 2.96. The Morgan fingerprint density at radius 2 is 2.40 bits per heavy atom. The Labute approximate surface area is 89.7 Å². The Bertz CT molecular complexity index is 275. The quantitative estimate of drug-likeness (QED) is 0.429. The molecule has 0 bridgehead atoms. The topological polar surface area (TPSA) is 55.4 Å². The van der Waals surface area contributed by atoms with Crippen LogP contribution in [0, 0.1) is 5.92 Å². The number of amides is 1. The summed E-state index contributed by atoms with van der Waals surface area (Å²) in [6, 6.07) is 0. The molecular weight excluding hydrogens is 194 g/mol. The van der Waals surface area contributed by atoms with Crippen LogP contribution in [0.3, 0.4) is 0 Å². The van der Waals surface area contributed by atoms with E-state index in [0.717, 1.165) is 19.3 Å². The first-order valence-corrected chi connectivity index (χ1v) is 5.11. The summed E-state index contributed by atoms with van der Waals surface area (Å²) in [5, 5.41) is 2.57. The van der Waals surface area contributed by atoms with Gasteiger partial charge in [-0.1, -0.05) is 12.2 Å². The fourth-order valence-corrected chi connectivity index (χ4v) is 1.95. The van der Waals surface area contributed by atoms with Gasteiger partial charge in [0.05, 0.1) is 7.11 Å². The molecule has 0 aliphatic heterocycles. The van der Waals surface area contributed by atoms with Crippen LogP contribution in [0.25, 0.3) is 0 Å². The molecule has 2 atom stereocenters. The van der Waals surface area contributed by atoms with Crippen LogP contribution < -0.4 is 5.32 Å². The summed E-state index contributed by atoms with van der Waals surface area (Å²) >= 11 is 0. The first-order valence-electron chi connectivity index (χ1n) is 5.11. The van der Waals surface area contributed by atoms with Gasteiger partial charge < -0.3 is 10.1 Å². The third-order valence-corrected chi connectivity index (χ3v) is 2.96. The molecule has 1 N–H and O–H groups in total. The van der Waals surface area contributed by atoms with Gasteiger partial charge in [0.1, 0.15) is 5.54 Å². The Hall–Kier alpha value is -1.32. The predicted molar refractivity (Wildman–Crippen MR) is 56.1 cm³/mol. The third kappa shape index (κ3) is 2.37. The molecule has 1 amide bonds. The van der Waals surface area contributed by atoms with Crippen molar-refractivity contribution < 1.29 is 14.3 Å². The van der Waals surface area contributed by atoms with Crippen LogP contribution in [0.2, 0.25) is 0 Å². The van der Waals surface area contributed by atoms with Crippen LogP contribution in [0.5, 0.6) is 0 Å². The van der Waals surface area contributed by atoms with Gasteiger partial charge in [-0.3, -0.25) is 4.79 Å². The number of hydrogen-bond acceptors (Lipinski definition) is 3. The van der Waals surface area contributed by atoms with Crippen molar-refractivity contribution in [1.82, 2.24) is 5.32 Å². The molecule has 0 heterocycles. The molecule has 0 fully saturated rings. The van der Waals surface area contributed by atoms with E-state index in [-0.39, 0.29) is 5.92 Å². The molecule has 4 heteroatoms. The summed E-state index contributed by atoms with van der Waals surface area (Å²) < 4.78 is 4.73. The monoisotopic (exact) mass is 211 g/mol. The van der Waals surface area contributed by atoms with Crippen molar-refractivity contribution in [2.45, 2.75) is 31.7 Å². The molecule has 0 aromatic rings. The normalized spacial score (nSPS) is 24.0. The maximum absolute atomic E-state index is 11.6. The zero-order chi connectivity index (χ0) is 11.3. The van der Waals surface area contributed by atoms with Crippen molar-refractivity contribution in [3.63, 3.8) is 0 Å². The highest BCUT2D eigenvalue weighted by molar-refractivity contribution is 5.83. The van der Waals surface area contributed by atoms with Crippen LogP contribution >= 0.6 is 0 Å². The van der Waals surface area contributed by atoms with Crippen molar-refractivity contribution >= 4 is 12.4 Å². The number of nitrogens with one attached hydrogen (secondary N) is 1. The SMILES string of the molecule is COC(=O)C(C)(NC=O)C1C=CCCC1. The second-order valence-electron chi connectivity index (χ2n) is 3.92. The van der Waals surface area contributed by atoms with Gasteiger partial charge >= 0.3 is 5.97 Å². The van der Waals surface area contributed by atoms with E-state index in [9.17, 15) is 9.59 Å². The molecule has 1 rings (SSSR count). The minimum Gasteiger partial charge on any atom is -0.467 e. The lowest BCUT2D eigenvalue weighted by Crippen LogP contribution is -2.55. The molecule has 0 saturated carbocycles. The summed E-state index contributed by atoms with van der Waals surface area (Å²) in [4.78, 5) is 22.2. The van der Waals surface area contributed by atoms with Crippen LogP contribution in [-0.4, -0.2) is 25.0 Å². The zero-order valence-electron chi connectivity index (χ0n) is 9.16. The Morgan fingerprint density at radius 3 is 2.87 bits per heavy atom. The van der Waals surface area contributed by atoms with Gasteiger partial charge in [0, 0.05) is 5.92 Å². The van der Waals surface area contributed by atoms with Gasteiger partial charge in [0.15, 0.2) is 0 Å². The van der Waals surface area contributed by atoms with E-state index in [2.05, 4.69) is 5.32 Å². The summed E-state index contributed by atoms with van der Waals surface area (Å²) in [5.41, 5.74) is -0.937. The van der Waals surface area contributed by atoms with Crippen molar-refractivity contribution in [2.75, 3.05) is 7.11 Å². The number of esters is 1. The number of carbonyl (C=O) groups is 2. The molecular formula is C11H17NO3. The first kappa shape index (κ1) is 11.8. The van der Waals surface area contributed by atoms with E-state index < -0.39 is 11.5 Å². The number of allylic oxidation sites excluding steroid dienone is 1. The van der Waals surface area contributed by atoms with Crippen molar-refractivity contribution in [3.05, 3.63) is 12.2 Å². The Balaban J connectivity index is 2.87. The average Bonchev–Trinajstić information content (AvgIpc) is 2.29. The molecule has 0 saturated heterocycles. The highest BCUT2D eigenvalue weighted by Crippen LogP contribution is 2.28.